The van der Waals surface area contributed by atoms with Crippen LogP contribution in [-0.2, 0) is 10.8 Å². The minimum absolute atomic E-state index is 0.275. The monoisotopic (exact) mass is 552 g/mol. The normalized spacial score (nSPS) is 14.2. The predicted octanol–water partition coefficient (Wildman–Crippen LogP) is 8.42. The van der Waals surface area contributed by atoms with E-state index in [1.165, 1.54) is 69.0 Å². The number of unbranched alkanes of at least 4 members (excludes halogenated alkanes) is 3. The Morgan fingerprint density at radius 2 is 1.55 bits per heavy atom. The average Bonchev–Trinajstić information content (AvgIpc) is 2.71. The fourth-order valence-electron chi connectivity index (χ4n) is 4.29. The number of hydrogen-bond acceptors (Lipinski definition) is 1. The second-order valence-electron chi connectivity index (χ2n) is 10.9. The van der Waals surface area contributed by atoms with E-state index in [2.05, 4.69) is 82.9 Å². The molecule has 0 unspecified atom stereocenters. The molecule has 0 radical (unpaired) electrons. The molecule has 31 heavy (non-hydrogen) atoms. The van der Waals surface area contributed by atoms with E-state index in [1.54, 1.807) is 0 Å². The van der Waals surface area contributed by atoms with Crippen molar-refractivity contribution in [3.05, 3.63) is 45.6 Å². The van der Waals surface area contributed by atoms with Crippen molar-refractivity contribution in [3.8, 4) is 0 Å². The summed E-state index contributed by atoms with van der Waals surface area (Å²) in [5.74, 6) is 0. The summed E-state index contributed by atoms with van der Waals surface area (Å²) in [6.07, 6.45) is 12.2. The molecule has 0 saturated carbocycles. The van der Waals surface area contributed by atoms with Gasteiger partial charge in [-0.2, -0.15) is 0 Å². The second kappa shape index (κ2) is 15.7. The molecule has 0 N–H and O–H groups in total. The van der Waals surface area contributed by atoms with Gasteiger partial charge in [-0.15, -0.1) is 0 Å². The average molecular weight is 552 g/mol. The van der Waals surface area contributed by atoms with Gasteiger partial charge in [0.25, 0.3) is 0 Å². The van der Waals surface area contributed by atoms with Crippen molar-refractivity contribution in [1.82, 2.24) is 0 Å². The molecule has 0 fully saturated rings. The Morgan fingerprint density at radius 1 is 0.968 bits per heavy atom. The number of hydrogen-bond donors (Lipinski definition) is 0. The zero-order valence-corrected chi connectivity index (χ0v) is 26.2. The van der Waals surface area contributed by atoms with Crippen molar-refractivity contribution < 1.29 is 4.43 Å². The molecule has 0 spiro atoms. The zero-order valence-electron chi connectivity index (χ0n) is 21.9. The van der Waals surface area contributed by atoms with Crippen molar-refractivity contribution in [3.63, 3.8) is 0 Å². The van der Waals surface area contributed by atoms with Gasteiger partial charge in [0, 0.05) is 0 Å². The summed E-state index contributed by atoms with van der Waals surface area (Å²) < 4.78 is 14.1. The molecule has 178 valence electrons. The van der Waals surface area contributed by atoms with Gasteiger partial charge in [0.15, 0.2) is 0 Å². The first-order valence-corrected chi connectivity index (χ1v) is 22.4. The zero-order chi connectivity index (χ0) is 23.2. The van der Waals surface area contributed by atoms with Crippen LogP contribution in [0.2, 0.25) is 19.4 Å². The van der Waals surface area contributed by atoms with E-state index in [-0.39, 0.29) is 6.10 Å². The third kappa shape index (κ3) is 13.3. The molecule has 0 aliphatic heterocycles. The van der Waals surface area contributed by atoms with Gasteiger partial charge in [0.05, 0.1) is 0 Å². The van der Waals surface area contributed by atoms with Crippen LogP contribution in [0.5, 0.6) is 0 Å². The van der Waals surface area contributed by atoms with Gasteiger partial charge in [-0.25, -0.2) is 0 Å². The Balaban J connectivity index is 3.05. The van der Waals surface area contributed by atoms with Gasteiger partial charge in [0.2, 0.25) is 0 Å². The maximum absolute atomic E-state index is 6.66. The van der Waals surface area contributed by atoms with E-state index >= 15 is 0 Å². The maximum atomic E-state index is 6.66. The first-order valence-electron chi connectivity index (χ1n) is 13.1. The standard InChI is InChI=1S/C16H25OSi.3C4H9.Sn/c1-6-15(17-18-12-16(3,4)5)11-14-9-7-8-13(2)10-14;3*1-3-4-2;/h1,6-10,15H,11-12,18H2,2-5H3;3*1,3-4H2,2H3;/t15-;;;;/m0..../s1. The molecule has 0 bridgehead atoms. The van der Waals surface area contributed by atoms with E-state index < -0.39 is 28.1 Å². The summed E-state index contributed by atoms with van der Waals surface area (Å²) in [6, 6.07) is 10.3. The van der Waals surface area contributed by atoms with E-state index in [0.717, 1.165) is 6.42 Å². The van der Waals surface area contributed by atoms with E-state index in [4.69, 9.17) is 4.43 Å². The van der Waals surface area contributed by atoms with E-state index in [1.807, 2.05) is 0 Å². The molecule has 0 saturated heterocycles. The molecule has 1 atom stereocenters. The van der Waals surface area contributed by atoms with E-state index in [0.29, 0.717) is 5.41 Å². The van der Waals surface area contributed by atoms with Crippen LogP contribution in [-0.4, -0.2) is 34.2 Å². The third-order valence-corrected chi connectivity index (χ3v) is 22.9. The molecule has 0 aliphatic rings. The number of aryl methyl sites for hydroxylation is 1. The van der Waals surface area contributed by atoms with Gasteiger partial charge in [0.1, 0.15) is 0 Å². The molecule has 1 aromatic carbocycles. The summed E-state index contributed by atoms with van der Waals surface area (Å²) in [5.41, 5.74) is 3.17. The summed E-state index contributed by atoms with van der Waals surface area (Å²) in [4.78, 5) is 0. The van der Waals surface area contributed by atoms with Gasteiger partial charge >= 0.3 is 202 Å². The first kappa shape index (κ1) is 29.0. The van der Waals surface area contributed by atoms with Crippen LogP contribution in [0.1, 0.15) is 91.2 Å². The van der Waals surface area contributed by atoms with E-state index in [9.17, 15) is 0 Å². The Bertz CT molecular complexity index is 598. The summed E-state index contributed by atoms with van der Waals surface area (Å²) in [7, 11) is -0.506. The van der Waals surface area contributed by atoms with Gasteiger partial charge in [-0.05, 0) is 0 Å². The van der Waals surface area contributed by atoms with Gasteiger partial charge in [-0.3, -0.25) is 0 Å². The Hall–Kier alpha value is -0.0644. The SMILES string of the molecule is CCC[CH2][Sn](/[CH]=C/[C@@H](Cc1cccc(C)c1)O[SiH2]CC(C)(C)C)([CH2]CCC)[CH2]CCC. The van der Waals surface area contributed by atoms with Crippen molar-refractivity contribution in [2.45, 2.75) is 119 Å². The molecule has 1 rings (SSSR count). The molecule has 0 aliphatic carbocycles. The summed E-state index contributed by atoms with van der Waals surface area (Å²) in [6.45, 7) is 16.3. The molecule has 3 heteroatoms. The van der Waals surface area contributed by atoms with Crippen LogP contribution >= 0.6 is 0 Å². The molecule has 0 aromatic heterocycles. The first-order chi connectivity index (χ1) is 14.7. The van der Waals surface area contributed by atoms with Crippen LogP contribution in [0.25, 0.3) is 0 Å². The van der Waals surface area contributed by atoms with Crippen LogP contribution in [0.15, 0.2) is 34.4 Å². The number of rotatable bonds is 16. The second-order valence-corrected chi connectivity index (χ2v) is 25.2. The molecule has 0 heterocycles. The Morgan fingerprint density at radius 3 is 2.03 bits per heavy atom. The fraction of sp³-hybridized carbons (Fsp3) is 0.714. The van der Waals surface area contributed by atoms with Crippen LogP contribution in [0.3, 0.4) is 0 Å². The minimum atomic E-state index is -2.26. The van der Waals surface area contributed by atoms with Crippen molar-refractivity contribution in [1.29, 1.82) is 0 Å². The topological polar surface area (TPSA) is 9.23 Å². The Labute approximate surface area is 201 Å². The fourth-order valence-corrected chi connectivity index (χ4v) is 20.0. The van der Waals surface area contributed by atoms with Crippen LogP contribution < -0.4 is 0 Å². The quantitative estimate of drug-likeness (QED) is 0.188. The Kier molecular flexibility index (Phi) is 14.7. The molecular weight excluding hydrogens is 499 g/mol. The molecule has 1 aromatic rings. The van der Waals surface area contributed by atoms with Crippen LogP contribution in [0, 0.1) is 12.3 Å². The van der Waals surface area contributed by atoms with Crippen molar-refractivity contribution in [2.75, 3.05) is 0 Å². The predicted molar refractivity (Wildman–Crippen MR) is 147 cm³/mol. The summed E-state index contributed by atoms with van der Waals surface area (Å²) in [5, 5.41) is 0. The summed E-state index contributed by atoms with van der Waals surface area (Å²) >= 11 is -2.26. The van der Waals surface area contributed by atoms with Gasteiger partial charge in [-0.1, -0.05) is 0 Å². The molecule has 0 amide bonds. The van der Waals surface area contributed by atoms with Crippen molar-refractivity contribution in [2.24, 2.45) is 5.41 Å². The van der Waals surface area contributed by atoms with Crippen molar-refractivity contribution >= 4 is 28.1 Å². The number of benzene rings is 1. The van der Waals surface area contributed by atoms with Gasteiger partial charge < -0.3 is 0 Å². The third-order valence-electron chi connectivity index (χ3n) is 6.45. The molecular formula is C28H52OSiSn. The van der Waals surface area contributed by atoms with Crippen LogP contribution in [0.4, 0.5) is 0 Å². The molecule has 1 nitrogen and oxygen atoms in total.